The fraction of sp³-hybridized carbons (Fsp3) is 0.333. The highest BCUT2D eigenvalue weighted by Gasteiger charge is 2.24. The van der Waals surface area contributed by atoms with Gasteiger partial charge in [-0.15, -0.1) is 0 Å². The van der Waals surface area contributed by atoms with Crippen LogP contribution in [0.2, 0.25) is 5.02 Å². The van der Waals surface area contributed by atoms with Crippen molar-refractivity contribution in [1.29, 1.82) is 0 Å². The van der Waals surface area contributed by atoms with Gasteiger partial charge >= 0.3 is 0 Å². The number of carbonyl (C=O) groups excluding carboxylic acids is 2. The number of hydrogen-bond acceptors (Lipinski definition) is 2. The Labute approximate surface area is 169 Å². The predicted octanol–water partition coefficient (Wildman–Crippen LogP) is 2.25. The van der Waals surface area contributed by atoms with Crippen molar-refractivity contribution in [3.63, 3.8) is 0 Å². The number of quaternary nitrogens is 1. The summed E-state index contributed by atoms with van der Waals surface area (Å²) in [6.45, 7) is 5.67. The van der Waals surface area contributed by atoms with Crippen LogP contribution in [-0.2, 0) is 16.1 Å². The van der Waals surface area contributed by atoms with E-state index in [4.69, 9.17) is 11.6 Å². The van der Waals surface area contributed by atoms with Crippen molar-refractivity contribution in [2.24, 2.45) is 0 Å². The van der Waals surface area contributed by atoms with E-state index in [1.165, 1.54) is 6.07 Å². The molecule has 2 aromatic rings. The lowest BCUT2D eigenvalue weighted by atomic mass is 10.1. The molecular weight excluding hydrogens is 381 g/mol. The Hall–Kier alpha value is -2.44. The average molecular weight is 407 g/mol. The molecule has 3 N–H and O–H groups in total. The summed E-state index contributed by atoms with van der Waals surface area (Å²) in [5.74, 6) is -0.984. The highest BCUT2D eigenvalue weighted by Crippen LogP contribution is 2.19. The van der Waals surface area contributed by atoms with E-state index in [-0.39, 0.29) is 24.9 Å². The third kappa shape index (κ3) is 5.53. The summed E-state index contributed by atoms with van der Waals surface area (Å²) in [5, 5.41) is 5.80. The molecule has 0 aromatic heterocycles. The molecule has 0 saturated carbocycles. The highest BCUT2D eigenvalue weighted by atomic mass is 35.5. The summed E-state index contributed by atoms with van der Waals surface area (Å²) >= 11 is 6.06. The molecule has 0 heterocycles. The molecule has 0 fully saturated rings. The number of benzene rings is 2. The number of amides is 2. The van der Waals surface area contributed by atoms with Gasteiger partial charge in [0.2, 0.25) is 5.91 Å². The molecule has 0 spiro atoms. The van der Waals surface area contributed by atoms with Gasteiger partial charge in [0.25, 0.3) is 5.91 Å². The second kappa shape index (κ2) is 9.66. The molecule has 7 heteroatoms. The SMILES string of the molecule is Cc1cccc(C)c1NC(=O)CNC(=O)[C@@H](C)[NH+](C)Cc1c(F)cccc1Cl. The van der Waals surface area contributed by atoms with Crippen LogP contribution < -0.4 is 15.5 Å². The van der Waals surface area contributed by atoms with Crippen LogP contribution in [0.25, 0.3) is 0 Å². The molecule has 2 amide bonds. The number of hydrogen-bond donors (Lipinski definition) is 3. The van der Waals surface area contributed by atoms with Gasteiger partial charge in [0, 0.05) is 5.69 Å². The number of halogens is 2. The molecular formula is C21H26ClFN3O2+. The van der Waals surface area contributed by atoms with Gasteiger partial charge < -0.3 is 15.5 Å². The first-order valence-corrected chi connectivity index (χ1v) is 9.47. The van der Waals surface area contributed by atoms with Crippen LogP contribution in [0.3, 0.4) is 0 Å². The maximum atomic E-state index is 14.0. The highest BCUT2D eigenvalue weighted by molar-refractivity contribution is 6.31. The van der Waals surface area contributed by atoms with E-state index in [2.05, 4.69) is 10.6 Å². The third-order valence-electron chi connectivity index (χ3n) is 4.82. The minimum absolute atomic E-state index is 0.134. The Bertz CT molecular complexity index is 832. The Morgan fingerprint density at radius 3 is 2.36 bits per heavy atom. The summed E-state index contributed by atoms with van der Waals surface area (Å²) < 4.78 is 14.0. The fourth-order valence-electron chi connectivity index (χ4n) is 2.87. The molecule has 0 saturated heterocycles. The van der Waals surface area contributed by atoms with E-state index < -0.39 is 11.9 Å². The largest absolute Gasteiger partial charge is 0.342 e. The maximum Gasteiger partial charge on any atom is 0.278 e. The lowest BCUT2D eigenvalue weighted by Gasteiger charge is -2.22. The summed E-state index contributed by atoms with van der Waals surface area (Å²) in [6.07, 6.45) is 0. The molecule has 5 nitrogen and oxygen atoms in total. The van der Waals surface area contributed by atoms with E-state index in [1.54, 1.807) is 26.1 Å². The molecule has 2 rings (SSSR count). The quantitative estimate of drug-likeness (QED) is 0.660. The number of nitrogens with one attached hydrogen (secondary N) is 3. The van der Waals surface area contributed by atoms with Gasteiger partial charge in [-0.1, -0.05) is 35.9 Å². The van der Waals surface area contributed by atoms with Gasteiger partial charge in [-0.2, -0.15) is 0 Å². The molecule has 0 aliphatic carbocycles. The number of carbonyl (C=O) groups is 2. The molecule has 0 bridgehead atoms. The minimum atomic E-state index is -0.483. The van der Waals surface area contributed by atoms with E-state index in [1.807, 2.05) is 32.0 Å². The van der Waals surface area contributed by atoms with Gasteiger partial charge in [0.15, 0.2) is 6.04 Å². The number of aryl methyl sites for hydroxylation is 2. The second-order valence-corrected chi connectivity index (χ2v) is 7.39. The smallest absolute Gasteiger partial charge is 0.278 e. The lowest BCUT2D eigenvalue weighted by Crippen LogP contribution is -3.12. The topological polar surface area (TPSA) is 62.6 Å². The Morgan fingerprint density at radius 2 is 1.75 bits per heavy atom. The van der Waals surface area contributed by atoms with Crippen molar-refractivity contribution >= 4 is 29.1 Å². The standard InChI is InChI=1S/C21H25ClFN3O2/c1-13-7-5-8-14(2)20(13)25-19(27)11-24-21(28)15(3)26(4)12-16-17(22)9-6-10-18(16)23/h5-10,15H,11-12H2,1-4H3,(H,24,28)(H,25,27)/p+1/t15-/m1/s1. The van der Waals surface area contributed by atoms with Gasteiger partial charge in [-0.3, -0.25) is 9.59 Å². The number of para-hydroxylation sites is 1. The minimum Gasteiger partial charge on any atom is -0.342 e. The van der Waals surface area contributed by atoms with Crippen LogP contribution in [0.5, 0.6) is 0 Å². The monoisotopic (exact) mass is 406 g/mol. The summed E-state index contributed by atoms with van der Waals surface area (Å²) in [5.41, 5.74) is 3.04. The molecule has 0 radical (unpaired) electrons. The van der Waals surface area contributed by atoms with Crippen molar-refractivity contribution in [3.8, 4) is 0 Å². The summed E-state index contributed by atoms with van der Waals surface area (Å²) in [7, 11) is 1.78. The Kier molecular flexibility index (Phi) is 7.54. The first-order valence-electron chi connectivity index (χ1n) is 9.09. The van der Waals surface area contributed by atoms with Crippen molar-refractivity contribution in [3.05, 3.63) is 63.9 Å². The number of likely N-dealkylation sites (N-methyl/N-ethyl adjacent to an activating group) is 1. The lowest BCUT2D eigenvalue weighted by molar-refractivity contribution is -0.908. The second-order valence-electron chi connectivity index (χ2n) is 6.98. The summed E-state index contributed by atoms with van der Waals surface area (Å²) in [6, 6.07) is 9.77. The van der Waals surface area contributed by atoms with Gasteiger partial charge in [0.1, 0.15) is 12.4 Å². The van der Waals surface area contributed by atoms with Crippen LogP contribution in [0, 0.1) is 19.7 Å². The third-order valence-corrected chi connectivity index (χ3v) is 5.17. The van der Waals surface area contributed by atoms with Crippen LogP contribution in [0.1, 0.15) is 23.6 Å². The van der Waals surface area contributed by atoms with E-state index in [9.17, 15) is 14.0 Å². The molecule has 0 aliphatic rings. The normalized spacial score (nSPS) is 12.9. The van der Waals surface area contributed by atoms with E-state index in [0.29, 0.717) is 10.6 Å². The Morgan fingerprint density at radius 1 is 1.14 bits per heavy atom. The zero-order valence-electron chi connectivity index (χ0n) is 16.5. The first-order chi connectivity index (χ1) is 13.2. The van der Waals surface area contributed by atoms with Gasteiger partial charge in [-0.25, -0.2) is 4.39 Å². The molecule has 2 atom stereocenters. The Balaban J connectivity index is 1.90. The van der Waals surface area contributed by atoms with E-state index >= 15 is 0 Å². The summed E-state index contributed by atoms with van der Waals surface area (Å²) in [4.78, 5) is 25.4. The molecule has 2 aromatic carbocycles. The molecule has 150 valence electrons. The first kappa shape index (κ1) is 21.9. The van der Waals surface area contributed by atoms with Crippen molar-refractivity contribution in [1.82, 2.24) is 5.32 Å². The van der Waals surface area contributed by atoms with Gasteiger partial charge in [0.05, 0.1) is 24.2 Å². The van der Waals surface area contributed by atoms with Gasteiger partial charge in [-0.05, 0) is 44.0 Å². The zero-order chi connectivity index (χ0) is 20.8. The number of rotatable bonds is 7. The van der Waals surface area contributed by atoms with Crippen LogP contribution in [0.15, 0.2) is 36.4 Å². The maximum absolute atomic E-state index is 14.0. The van der Waals surface area contributed by atoms with Crippen LogP contribution >= 0.6 is 11.6 Å². The average Bonchev–Trinajstić information content (AvgIpc) is 2.65. The number of anilines is 1. The van der Waals surface area contributed by atoms with Crippen molar-refractivity contribution < 1.29 is 18.9 Å². The van der Waals surface area contributed by atoms with Crippen LogP contribution in [0.4, 0.5) is 10.1 Å². The molecule has 28 heavy (non-hydrogen) atoms. The fourth-order valence-corrected chi connectivity index (χ4v) is 3.10. The van der Waals surface area contributed by atoms with Crippen molar-refractivity contribution in [2.45, 2.75) is 33.4 Å². The van der Waals surface area contributed by atoms with Crippen LogP contribution in [-0.4, -0.2) is 31.4 Å². The molecule has 1 unspecified atom stereocenters. The predicted molar refractivity (Wildman–Crippen MR) is 109 cm³/mol. The molecule has 0 aliphatic heterocycles. The van der Waals surface area contributed by atoms with E-state index in [0.717, 1.165) is 21.7 Å². The zero-order valence-corrected chi connectivity index (χ0v) is 17.3. The van der Waals surface area contributed by atoms with Crippen molar-refractivity contribution in [2.75, 3.05) is 18.9 Å².